The number of benzene rings is 1. The molecule has 0 aliphatic rings. The van der Waals surface area contributed by atoms with Crippen LogP contribution >= 0.6 is 23.2 Å². The van der Waals surface area contributed by atoms with E-state index in [0.717, 1.165) is 40.7 Å². The number of nitrogens with zero attached hydrogens (tertiary/aromatic N) is 4. The third kappa shape index (κ3) is 2.65. The molecule has 0 bridgehead atoms. The molecule has 2 heterocycles. The molecule has 3 aromatic rings. The normalized spacial score (nSPS) is 11.4. The Morgan fingerprint density at radius 2 is 1.90 bits per heavy atom. The first-order valence-electron chi connectivity index (χ1n) is 6.79. The van der Waals surface area contributed by atoms with Gasteiger partial charge in [-0.3, -0.25) is 4.68 Å². The highest BCUT2D eigenvalue weighted by Gasteiger charge is 2.17. The highest BCUT2D eigenvalue weighted by atomic mass is 35.5. The number of alkyl halides is 1. The lowest BCUT2D eigenvalue weighted by molar-refractivity contribution is 0.692. The van der Waals surface area contributed by atoms with Crippen LogP contribution in [0.1, 0.15) is 17.1 Å². The minimum Gasteiger partial charge on any atom is -0.308 e. The van der Waals surface area contributed by atoms with Gasteiger partial charge in [-0.15, -0.1) is 11.6 Å². The standard InChI is InChI=1S/C15H16Cl2N4/c1-10-14-15(20(2)19-10)21(13(18-14)7-8-16)9-11-3-5-12(17)6-4-11/h3-6H,7-9H2,1-2H3. The fourth-order valence-electron chi connectivity index (χ4n) is 2.59. The molecule has 1 aromatic carbocycles. The zero-order valence-electron chi connectivity index (χ0n) is 12.0. The van der Waals surface area contributed by atoms with E-state index in [4.69, 9.17) is 28.2 Å². The molecule has 0 radical (unpaired) electrons. The summed E-state index contributed by atoms with van der Waals surface area (Å²) in [6, 6.07) is 7.87. The van der Waals surface area contributed by atoms with Crippen molar-refractivity contribution >= 4 is 34.4 Å². The molecule has 0 saturated carbocycles. The fraction of sp³-hybridized carbons (Fsp3) is 0.333. The van der Waals surface area contributed by atoms with E-state index in [0.29, 0.717) is 5.88 Å². The van der Waals surface area contributed by atoms with Crippen LogP contribution in [-0.2, 0) is 20.0 Å². The Morgan fingerprint density at radius 1 is 1.19 bits per heavy atom. The average Bonchev–Trinajstić information content (AvgIpc) is 2.93. The molecular weight excluding hydrogens is 307 g/mol. The molecule has 0 spiro atoms. The van der Waals surface area contributed by atoms with E-state index >= 15 is 0 Å². The predicted octanol–water partition coefficient (Wildman–Crippen LogP) is 3.56. The maximum absolute atomic E-state index is 5.95. The van der Waals surface area contributed by atoms with Crippen LogP contribution in [0.3, 0.4) is 0 Å². The summed E-state index contributed by atoms with van der Waals surface area (Å²) in [5.41, 5.74) is 4.10. The number of imidazole rings is 1. The molecule has 3 rings (SSSR count). The van der Waals surface area contributed by atoms with Crippen molar-refractivity contribution in [2.75, 3.05) is 5.88 Å². The molecule has 21 heavy (non-hydrogen) atoms. The summed E-state index contributed by atoms with van der Waals surface area (Å²) >= 11 is 11.9. The largest absolute Gasteiger partial charge is 0.308 e. The van der Waals surface area contributed by atoms with Crippen LogP contribution in [0.25, 0.3) is 11.2 Å². The van der Waals surface area contributed by atoms with Crippen molar-refractivity contribution in [3.05, 3.63) is 46.4 Å². The summed E-state index contributed by atoms with van der Waals surface area (Å²) in [6.07, 6.45) is 0.739. The summed E-state index contributed by atoms with van der Waals surface area (Å²) in [5, 5.41) is 5.19. The monoisotopic (exact) mass is 322 g/mol. The van der Waals surface area contributed by atoms with Gasteiger partial charge in [0.2, 0.25) is 0 Å². The van der Waals surface area contributed by atoms with Crippen molar-refractivity contribution in [1.29, 1.82) is 0 Å². The van der Waals surface area contributed by atoms with Crippen molar-refractivity contribution in [1.82, 2.24) is 19.3 Å². The highest BCUT2D eigenvalue weighted by molar-refractivity contribution is 6.30. The minimum absolute atomic E-state index is 0.552. The molecule has 0 aliphatic carbocycles. The first kappa shape index (κ1) is 14.4. The Labute approximate surface area is 133 Å². The predicted molar refractivity (Wildman–Crippen MR) is 86.2 cm³/mol. The van der Waals surface area contributed by atoms with Crippen LogP contribution in [0.4, 0.5) is 0 Å². The maximum Gasteiger partial charge on any atom is 0.158 e. The van der Waals surface area contributed by atoms with Gasteiger partial charge in [-0.2, -0.15) is 5.10 Å². The van der Waals surface area contributed by atoms with E-state index in [1.807, 2.05) is 42.9 Å². The molecule has 0 N–H and O–H groups in total. The van der Waals surface area contributed by atoms with Gasteiger partial charge in [-0.05, 0) is 24.6 Å². The Balaban J connectivity index is 2.10. The minimum atomic E-state index is 0.552. The molecule has 6 heteroatoms. The number of aryl methyl sites for hydroxylation is 3. The van der Waals surface area contributed by atoms with Gasteiger partial charge in [-0.25, -0.2) is 4.98 Å². The zero-order valence-corrected chi connectivity index (χ0v) is 13.5. The lowest BCUT2D eigenvalue weighted by Crippen LogP contribution is -2.09. The number of fused-ring (bicyclic) bond motifs is 1. The quantitative estimate of drug-likeness (QED) is 0.688. The fourth-order valence-corrected chi connectivity index (χ4v) is 2.89. The van der Waals surface area contributed by atoms with E-state index in [2.05, 4.69) is 9.67 Å². The smallest absolute Gasteiger partial charge is 0.158 e. The van der Waals surface area contributed by atoms with Gasteiger partial charge in [0.1, 0.15) is 11.3 Å². The Bertz CT molecular complexity index is 771. The molecule has 0 saturated heterocycles. The average molecular weight is 323 g/mol. The van der Waals surface area contributed by atoms with E-state index in [1.54, 1.807) is 0 Å². The van der Waals surface area contributed by atoms with Gasteiger partial charge in [-0.1, -0.05) is 23.7 Å². The van der Waals surface area contributed by atoms with E-state index in [1.165, 1.54) is 5.56 Å². The summed E-state index contributed by atoms with van der Waals surface area (Å²) in [4.78, 5) is 4.71. The SMILES string of the molecule is Cc1nn(C)c2c1nc(CCCl)n2Cc1ccc(Cl)cc1. The van der Waals surface area contributed by atoms with Crippen molar-refractivity contribution in [3.8, 4) is 0 Å². The second kappa shape index (κ2) is 5.70. The van der Waals surface area contributed by atoms with Gasteiger partial charge < -0.3 is 4.57 Å². The first-order chi connectivity index (χ1) is 10.1. The van der Waals surface area contributed by atoms with Crippen molar-refractivity contribution in [2.45, 2.75) is 19.9 Å². The lowest BCUT2D eigenvalue weighted by Gasteiger charge is -2.09. The third-order valence-electron chi connectivity index (χ3n) is 3.54. The summed E-state index contributed by atoms with van der Waals surface area (Å²) in [6.45, 7) is 2.71. The van der Waals surface area contributed by atoms with Gasteiger partial charge in [0.05, 0.1) is 12.2 Å². The lowest BCUT2D eigenvalue weighted by atomic mass is 10.2. The van der Waals surface area contributed by atoms with Gasteiger partial charge in [0, 0.05) is 24.4 Å². The van der Waals surface area contributed by atoms with Crippen LogP contribution in [0, 0.1) is 6.92 Å². The zero-order chi connectivity index (χ0) is 15.0. The Morgan fingerprint density at radius 3 is 2.57 bits per heavy atom. The molecule has 110 valence electrons. The summed E-state index contributed by atoms with van der Waals surface area (Å²) in [5.74, 6) is 1.54. The maximum atomic E-state index is 5.95. The topological polar surface area (TPSA) is 35.6 Å². The number of hydrogen-bond donors (Lipinski definition) is 0. The van der Waals surface area contributed by atoms with E-state index in [9.17, 15) is 0 Å². The van der Waals surface area contributed by atoms with E-state index in [-0.39, 0.29) is 0 Å². The molecule has 0 unspecified atom stereocenters. The number of halogens is 2. The van der Waals surface area contributed by atoms with Crippen LogP contribution < -0.4 is 0 Å². The van der Waals surface area contributed by atoms with Crippen LogP contribution in [0.15, 0.2) is 24.3 Å². The molecule has 0 atom stereocenters. The number of hydrogen-bond acceptors (Lipinski definition) is 2. The molecular formula is C15H16Cl2N4. The highest BCUT2D eigenvalue weighted by Crippen LogP contribution is 2.21. The molecule has 0 amide bonds. The molecule has 2 aromatic heterocycles. The third-order valence-corrected chi connectivity index (χ3v) is 3.98. The Kier molecular flexibility index (Phi) is 3.91. The van der Waals surface area contributed by atoms with Crippen LogP contribution in [-0.4, -0.2) is 25.2 Å². The van der Waals surface area contributed by atoms with Crippen molar-refractivity contribution in [3.63, 3.8) is 0 Å². The number of aromatic nitrogens is 4. The van der Waals surface area contributed by atoms with Crippen molar-refractivity contribution in [2.24, 2.45) is 7.05 Å². The first-order valence-corrected chi connectivity index (χ1v) is 7.70. The van der Waals surface area contributed by atoms with E-state index < -0.39 is 0 Å². The molecule has 0 fully saturated rings. The molecule has 4 nitrogen and oxygen atoms in total. The van der Waals surface area contributed by atoms with Crippen LogP contribution in [0.2, 0.25) is 5.02 Å². The number of rotatable bonds is 4. The Hall–Kier alpha value is -1.52. The summed E-state index contributed by atoms with van der Waals surface area (Å²) < 4.78 is 4.06. The second-order valence-corrected chi connectivity index (χ2v) is 5.88. The van der Waals surface area contributed by atoms with Gasteiger partial charge in [0.25, 0.3) is 0 Å². The van der Waals surface area contributed by atoms with Gasteiger partial charge >= 0.3 is 0 Å². The van der Waals surface area contributed by atoms with Crippen molar-refractivity contribution < 1.29 is 0 Å². The molecule has 0 aliphatic heterocycles. The van der Waals surface area contributed by atoms with Gasteiger partial charge in [0.15, 0.2) is 5.65 Å². The second-order valence-electron chi connectivity index (χ2n) is 5.06. The van der Waals surface area contributed by atoms with Crippen LogP contribution in [0.5, 0.6) is 0 Å². The summed E-state index contributed by atoms with van der Waals surface area (Å²) in [7, 11) is 1.94.